The number of hydrogen-bond donors (Lipinski definition) is 2. The molecule has 0 aliphatic rings. The molecule has 0 bridgehead atoms. The molecular formula is C16H19N3S. The summed E-state index contributed by atoms with van der Waals surface area (Å²) in [6.45, 7) is 6.42. The molecule has 0 aliphatic heterocycles. The number of thiophene rings is 1. The Morgan fingerprint density at radius 1 is 1.35 bits per heavy atom. The van der Waals surface area contributed by atoms with Crippen molar-refractivity contribution in [3.8, 4) is 6.07 Å². The molecule has 2 aromatic rings. The Labute approximate surface area is 124 Å². The van der Waals surface area contributed by atoms with E-state index in [2.05, 4.69) is 38.2 Å². The highest BCUT2D eigenvalue weighted by molar-refractivity contribution is 7.12. The molecule has 0 saturated heterocycles. The number of anilines is 2. The van der Waals surface area contributed by atoms with Crippen molar-refractivity contribution in [1.29, 1.82) is 5.26 Å². The van der Waals surface area contributed by atoms with Crippen molar-refractivity contribution in [3.05, 3.63) is 45.1 Å². The monoisotopic (exact) mass is 285 g/mol. The van der Waals surface area contributed by atoms with E-state index >= 15 is 0 Å². The van der Waals surface area contributed by atoms with Gasteiger partial charge >= 0.3 is 0 Å². The number of nitriles is 1. The van der Waals surface area contributed by atoms with Gasteiger partial charge in [0.1, 0.15) is 0 Å². The lowest BCUT2D eigenvalue weighted by molar-refractivity contribution is 0.881. The largest absolute Gasteiger partial charge is 0.398 e. The Hall–Kier alpha value is -1.99. The van der Waals surface area contributed by atoms with Gasteiger partial charge in [-0.3, -0.25) is 0 Å². The third-order valence-electron chi connectivity index (χ3n) is 3.34. The number of nitrogens with zero attached hydrogens (tertiary/aromatic N) is 1. The quantitative estimate of drug-likeness (QED) is 0.828. The van der Waals surface area contributed by atoms with Crippen molar-refractivity contribution in [2.24, 2.45) is 0 Å². The first-order chi connectivity index (χ1) is 9.51. The molecule has 2 rings (SSSR count). The van der Waals surface area contributed by atoms with Gasteiger partial charge in [-0.1, -0.05) is 0 Å². The third-order valence-corrected chi connectivity index (χ3v) is 4.32. The van der Waals surface area contributed by atoms with Crippen LogP contribution in [0, 0.1) is 25.2 Å². The van der Waals surface area contributed by atoms with Gasteiger partial charge in [-0.05, 0) is 56.2 Å². The number of nitrogens with two attached hydrogens (primary N) is 1. The first-order valence-electron chi connectivity index (χ1n) is 6.60. The van der Waals surface area contributed by atoms with E-state index in [1.54, 1.807) is 0 Å². The first-order valence-corrected chi connectivity index (χ1v) is 7.41. The molecule has 1 unspecified atom stereocenters. The minimum Gasteiger partial charge on any atom is -0.398 e. The molecule has 1 aromatic carbocycles. The summed E-state index contributed by atoms with van der Waals surface area (Å²) < 4.78 is 0. The molecule has 1 aromatic heterocycles. The van der Waals surface area contributed by atoms with Gasteiger partial charge in [0.15, 0.2) is 0 Å². The smallest absolute Gasteiger partial charge is 0.0670 e. The molecular weight excluding hydrogens is 266 g/mol. The molecule has 0 spiro atoms. The van der Waals surface area contributed by atoms with Crippen molar-refractivity contribution in [2.45, 2.75) is 33.2 Å². The SMILES string of the molecule is Cc1cc(C(C)Nc2ccc(N)c(CC#N)c2)c(C)s1. The summed E-state index contributed by atoms with van der Waals surface area (Å²) in [7, 11) is 0. The molecule has 20 heavy (non-hydrogen) atoms. The standard InChI is InChI=1S/C16H19N3S/c1-10-8-15(12(3)20-10)11(2)19-14-4-5-16(18)13(9-14)6-7-17/h4-5,8-9,11,19H,6,18H2,1-3H3. The van der Waals surface area contributed by atoms with E-state index in [9.17, 15) is 0 Å². The van der Waals surface area contributed by atoms with Crippen molar-refractivity contribution in [1.82, 2.24) is 0 Å². The molecule has 4 heteroatoms. The first kappa shape index (κ1) is 14.4. The topological polar surface area (TPSA) is 61.8 Å². The van der Waals surface area contributed by atoms with Crippen LogP contribution >= 0.6 is 11.3 Å². The van der Waals surface area contributed by atoms with Gasteiger partial charge < -0.3 is 11.1 Å². The van der Waals surface area contributed by atoms with Gasteiger partial charge in [0, 0.05) is 27.2 Å². The fraction of sp³-hybridized carbons (Fsp3) is 0.312. The van der Waals surface area contributed by atoms with E-state index in [4.69, 9.17) is 11.0 Å². The average Bonchev–Trinajstić information content (AvgIpc) is 2.73. The molecule has 0 radical (unpaired) electrons. The summed E-state index contributed by atoms with van der Waals surface area (Å²) in [4.78, 5) is 2.67. The molecule has 0 fully saturated rings. The fourth-order valence-electron chi connectivity index (χ4n) is 2.34. The maximum absolute atomic E-state index is 8.81. The lowest BCUT2D eigenvalue weighted by atomic mass is 10.1. The number of benzene rings is 1. The van der Waals surface area contributed by atoms with Crippen LogP contribution in [0.25, 0.3) is 0 Å². The summed E-state index contributed by atoms with van der Waals surface area (Å²) >= 11 is 1.82. The van der Waals surface area contributed by atoms with Crippen LogP contribution in [0.2, 0.25) is 0 Å². The molecule has 3 N–H and O–H groups in total. The van der Waals surface area contributed by atoms with Gasteiger partial charge in [0.2, 0.25) is 0 Å². The van der Waals surface area contributed by atoms with Crippen molar-refractivity contribution < 1.29 is 0 Å². The molecule has 0 amide bonds. The van der Waals surface area contributed by atoms with Crippen LogP contribution in [0.5, 0.6) is 0 Å². The van der Waals surface area contributed by atoms with Crippen LogP contribution in [0.1, 0.15) is 33.8 Å². The van der Waals surface area contributed by atoms with Gasteiger partial charge in [0.25, 0.3) is 0 Å². The molecule has 1 heterocycles. The third kappa shape index (κ3) is 3.12. The van der Waals surface area contributed by atoms with Crippen LogP contribution in [0.15, 0.2) is 24.3 Å². The molecule has 104 valence electrons. The Morgan fingerprint density at radius 2 is 2.10 bits per heavy atom. The van der Waals surface area contributed by atoms with Gasteiger partial charge in [-0.25, -0.2) is 0 Å². The number of aryl methyl sites for hydroxylation is 2. The predicted molar refractivity (Wildman–Crippen MR) is 86.0 cm³/mol. The van der Waals surface area contributed by atoms with Crippen molar-refractivity contribution >= 4 is 22.7 Å². The maximum atomic E-state index is 8.81. The summed E-state index contributed by atoms with van der Waals surface area (Å²) in [5.41, 5.74) is 9.74. The summed E-state index contributed by atoms with van der Waals surface area (Å²) in [6.07, 6.45) is 0.340. The van der Waals surface area contributed by atoms with Crippen LogP contribution in [0.3, 0.4) is 0 Å². The molecule has 0 aliphatic carbocycles. The Kier molecular flexibility index (Phi) is 4.31. The zero-order chi connectivity index (χ0) is 14.7. The Morgan fingerprint density at radius 3 is 2.70 bits per heavy atom. The summed E-state index contributed by atoms with van der Waals surface area (Å²) in [6, 6.07) is 10.4. The van der Waals surface area contributed by atoms with E-state index in [0.29, 0.717) is 12.1 Å². The van der Waals surface area contributed by atoms with E-state index in [1.165, 1.54) is 15.3 Å². The number of rotatable bonds is 4. The average molecular weight is 285 g/mol. The summed E-state index contributed by atoms with van der Waals surface area (Å²) in [5.74, 6) is 0. The highest BCUT2D eigenvalue weighted by Gasteiger charge is 2.11. The molecule has 0 saturated carbocycles. The Balaban J connectivity index is 2.20. The Bertz CT molecular complexity index is 652. The van der Waals surface area contributed by atoms with Crippen molar-refractivity contribution in [3.63, 3.8) is 0 Å². The second-order valence-corrected chi connectivity index (χ2v) is 6.44. The minimum atomic E-state index is 0.235. The lowest BCUT2D eigenvalue weighted by Crippen LogP contribution is -2.07. The number of hydrogen-bond acceptors (Lipinski definition) is 4. The molecule has 1 atom stereocenters. The van der Waals surface area contributed by atoms with Gasteiger partial charge in [-0.15, -0.1) is 11.3 Å². The van der Waals surface area contributed by atoms with E-state index in [0.717, 1.165) is 11.3 Å². The summed E-state index contributed by atoms with van der Waals surface area (Å²) in [5, 5.41) is 12.3. The van der Waals surface area contributed by atoms with Crippen LogP contribution in [-0.2, 0) is 6.42 Å². The van der Waals surface area contributed by atoms with Crippen LogP contribution in [0.4, 0.5) is 11.4 Å². The maximum Gasteiger partial charge on any atom is 0.0670 e. The van der Waals surface area contributed by atoms with Crippen molar-refractivity contribution in [2.75, 3.05) is 11.1 Å². The fourth-order valence-corrected chi connectivity index (χ4v) is 3.36. The number of nitrogen functional groups attached to an aromatic ring is 1. The normalized spacial score (nSPS) is 11.9. The minimum absolute atomic E-state index is 0.235. The van der Waals surface area contributed by atoms with E-state index < -0.39 is 0 Å². The van der Waals surface area contributed by atoms with Crippen LogP contribution < -0.4 is 11.1 Å². The van der Waals surface area contributed by atoms with E-state index in [1.807, 2.05) is 29.5 Å². The highest BCUT2D eigenvalue weighted by atomic mass is 32.1. The van der Waals surface area contributed by atoms with Gasteiger partial charge in [0.05, 0.1) is 12.5 Å². The van der Waals surface area contributed by atoms with Gasteiger partial charge in [-0.2, -0.15) is 5.26 Å². The lowest BCUT2D eigenvalue weighted by Gasteiger charge is -2.16. The second kappa shape index (κ2) is 5.98. The predicted octanol–water partition coefficient (Wildman–Crippen LogP) is 4.19. The second-order valence-electron chi connectivity index (χ2n) is 4.98. The highest BCUT2D eigenvalue weighted by Crippen LogP contribution is 2.29. The molecule has 3 nitrogen and oxygen atoms in total. The number of nitrogens with one attached hydrogen (secondary N) is 1. The zero-order valence-electron chi connectivity index (χ0n) is 12.0. The van der Waals surface area contributed by atoms with Crippen LogP contribution in [-0.4, -0.2) is 0 Å². The van der Waals surface area contributed by atoms with E-state index in [-0.39, 0.29) is 6.04 Å². The zero-order valence-corrected chi connectivity index (χ0v) is 12.8.